The van der Waals surface area contributed by atoms with E-state index in [2.05, 4.69) is 60.8 Å². The van der Waals surface area contributed by atoms with E-state index in [0.717, 1.165) is 104 Å². The van der Waals surface area contributed by atoms with E-state index in [0.29, 0.717) is 24.3 Å². The highest BCUT2D eigenvalue weighted by Crippen LogP contribution is 2.20. The number of hydrogen-bond acceptors (Lipinski definition) is 10. The van der Waals surface area contributed by atoms with Gasteiger partial charge in [0.25, 0.3) is 0 Å². The Kier molecular flexibility index (Phi) is 11.0. The molecule has 0 bridgehead atoms. The van der Waals surface area contributed by atoms with E-state index >= 15 is 0 Å². The lowest BCUT2D eigenvalue weighted by atomic mass is 10.1. The van der Waals surface area contributed by atoms with E-state index in [1.165, 1.54) is 11.3 Å². The van der Waals surface area contributed by atoms with E-state index < -0.39 is 0 Å². The first-order chi connectivity index (χ1) is 20.6. The number of ether oxygens (including phenoxy) is 3. The third-order valence-electron chi connectivity index (χ3n) is 7.99. The zero-order chi connectivity index (χ0) is 29.1. The van der Waals surface area contributed by atoms with Gasteiger partial charge in [-0.3, -0.25) is 14.4 Å². The summed E-state index contributed by atoms with van der Waals surface area (Å²) in [6, 6.07) is 9.14. The standard InChI is InChI=1S/C30H46N8O4/c1-2-3-18-42-29-33-27(31)26-28(34-29)38(30(39)32-26)13-5-12-36(11-4-10-35-14-19-40-20-15-35)23-24-6-8-25(9-7-24)37-16-21-41-22-17-37/h6-9H,2-5,10-23H2,1H3,(H,32,39)(H2,31,33,34). The molecular weight excluding hydrogens is 536 g/mol. The van der Waals surface area contributed by atoms with Gasteiger partial charge in [0.15, 0.2) is 11.5 Å². The first-order valence-electron chi connectivity index (χ1n) is 15.4. The summed E-state index contributed by atoms with van der Waals surface area (Å²) in [7, 11) is 0. The number of nitrogens with one attached hydrogen (secondary N) is 1. The summed E-state index contributed by atoms with van der Waals surface area (Å²) in [5.41, 5.74) is 9.41. The Morgan fingerprint density at radius 3 is 2.36 bits per heavy atom. The molecule has 2 aliphatic rings. The number of nitrogens with zero attached hydrogens (tertiary/aromatic N) is 6. The van der Waals surface area contributed by atoms with Crippen molar-refractivity contribution in [2.24, 2.45) is 0 Å². The second-order valence-electron chi connectivity index (χ2n) is 11.1. The highest BCUT2D eigenvalue weighted by atomic mass is 16.5. The number of unbranched alkanes of at least 4 members (excludes halogenated alkanes) is 1. The summed E-state index contributed by atoms with van der Waals surface area (Å²) in [5.74, 6) is 0.229. The molecule has 0 amide bonds. The summed E-state index contributed by atoms with van der Waals surface area (Å²) >= 11 is 0. The Labute approximate surface area is 247 Å². The van der Waals surface area contributed by atoms with Crippen LogP contribution in [0, 0.1) is 0 Å². The average Bonchev–Trinajstić information content (AvgIpc) is 3.34. The van der Waals surface area contributed by atoms with Crippen molar-refractivity contribution >= 4 is 22.7 Å². The lowest BCUT2D eigenvalue weighted by Crippen LogP contribution is -2.38. The molecule has 42 heavy (non-hydrogen) atoms. The molecule has 0 atom stereocenters. The molecule has 0 radical (unpaired) electrons. The van der Waals surface area contributed by atoms with Crippen LogP contribution in [0.1, 0.15) is 38.2 Å². The van der Waals surface area contributed by atoms with Gasteiger partial charge in [-0.2, -0.15) is 9.97 Å². The molecule has 5 rings (SSSR count). The van der Waals surface area contributed by atoms with Gasteiger partial charge in [-0.25, -0.2) is 4.79 Å². The van der Waals surface area contributed by atoms with Gasteiger partial charge in [-0.05, 0) is 50.0 Å². The van der Waals surface area contributed by atoms with Crippen LogP contribution in [-0.2, 0) is 22.6 Å². The number of imidazole rings is 1. The number of rotatable bonds is 15. The number of morpholine rings is 2. The van der Waals surface area contributed by atoms with Crippen LogP contribution in [-0.4, -0.2) is 108 Å². The maximum atomic E-state index is 12.8. The average molecular weight is 583 g/mol. The van der Waals surface area contributed by atoms with Crippen LogP contribution in [0.15, 0.2) is 29.1 Å². The van der Waals surface area contributed by atoms with Gasteiger partial charge in [-0.15, -0.1) is 0 Å². The summed E-state index contributed by atoms with van der Waals surface area (Å²) in [4.78, 5) is 31.8. The number of nitrogen functional groups attached to an aromatic ring is 1. The smallest absolute Gasteiger partial charge is 0.327 e. The molecule has 3 N–H and O–H groups in total. The molecule has 2 aromatic heterocycles. The van der Waals surface area contributed by atoms with Crippen LogP contribution >= 0.6 is 0 Å². The third kappa shape index (κ3) is 8.21. The fourth-order valence-corrected chi connectivity index (χ4v) is 5.57. The molecule has 0 saturated carbocycles. The van der Waals surface area contributed by atoms with Crippen LogP contribution in [0.5, 0.6) is 6.01 Å². The van der Waals surface area contributed by atoms with E-state index in [4.69, 9.17) is 19.9 Å². The molecular formula is C30H46N8O4. The number of benzene rings is 1. The monoisotopic (exact) mass is 582 g/mol. The second kappa shape index (κ2) is 15.3. The number of H-pyrrole nitrogens is 1. The molecule has 2 saturated heterocycles. The molecule has 1 aromatic carbocycles. The topological polar surface area (TPSA) is 127 Å². The Balaban J connectivity index is 1.22. The summed E-state index contributed by atoms with van der Waals surface area (Å²) in [6.07, 6.45) is 3.79. The Bertz CT molecular complexity index is 1300. The molecule has 0 aliphatic carbocycles. The van der Waals surface area contributed by atoms with Gasteiger partial charge in [0, 0.05) is 51.5 Å². The Morgan fingerprint density at radius 2 is 1.64 bits per heavy atom. The van der Waals surface area contributed by atoms with Crippen molar-refractivity contribution in [2.45, 2.75) is 45.7 Å². The normalized spacial score (nSPS) is 16.5. The van der Waals surface area contributed by atoms with E-state index in [1.807, 2.05) is 0 Å². The predicted molar refractivity (Wildman–Crippen MR) is 164 cm³/mol. The fourth-order valence-electron chi connectivity index (χ4n) is 5.57. The fraction of sp³-hybridized carbons (Fsp3) is 0.633. The predicted octanol–water partition coefficient (Wildman–Crippen LogP) is 2.33. The van der Waals surface area contributed by atoms with Crippen LogP contribution in [0.3, 0.4) is 0 Å². The number of aryl methyl sites for hydroxylation is 1. The largest absolute Gasteiger partial charge is 0.463 e. The van der Waals surface area contributed by atoms with Crippen molar-refractivity contribution in [2.75, 3.05) is 89.5 Å². The number of aromatic nitrogens is 4. The van der Waals surface area contributed by atoms with Crippen molar-refractivity contribution < 1.29 is 14.2 Å². The van der Waals surface area contributed by atoms with Gasteiger partial charge in [0.05, 0.1) is 33.0 Å². The first kappa shape index (κ1) is 30.3. The van der Waals surface area contributed by atoms with Gasteiger partial charge < -0.3 is 29.8 Å². The maximum Gasteiger partial charge on any atom is 0.327 e. The van der Waals surface area contributed by atoms with Crippen molar-refractivity contribution in [3.05, 3.63) is 40.3 Å². The van der Waals surface area contributed by atoms with Gasteiger partial charge in [0.2, 0.25) is 0 Å². The minimum Gasteiger partial charge on any atom is -0.463 e. The van der Waals surface area contributed by atoms with E-state index in [-0.39, 0.29) is 17.5 Å². The summed E-state index contributed by atoms with van der Waals surface area (Å²) < 4.78 is 18.4. The number of hydrogen-bond donors (Lipinski definition) is 2. The lowest BCUT2D eigenvalue weighted by Gasteiger charge is -2.29. The summed E-state index contributed by atoms with van der Waals surface area (Å²) in [5, 5.41) is 0. The maximum absolute atomic E-state index is 12.8. The number of fused-ring (bicyclic) bond motifs is 1. The van der Waals surface area contributed by atoms with Crippen molar-refractivity contribution in [1.82, 2.24) is 29.3 Å². The van der Waals surface area contributed by atoms with Gasteiger partial charge in [-0.1, -0.05) is 25.5 Å². The number of nitrogens with two attached hydrogens (primary N) is 1. The highest BCUT2D eigenvalue weighted by Gasteiger charge is 2.17. The van der Waals surface area contributed by atoms with Crippen LogP contribution < -0.4 is 21.1 Å². The van der Waals surface area contributed by atoms with Crippen molar-refractivity contribution in [1.29, 1.82) is 0 Å². The van der Waals surface area contributed by atoms with Crippen LogP contribution in [0.25, 0.3) is 11.2 Å². The van der Waals surface area contributed by atoms with Crippen LogP contribution in [0.4, 0.5) is 11.5 Å². The van der Waals surface area contributed by atoms with Crippen LogP contribution in [0.2, 0.25) is 0 Å². The molecule has 2 fully saturated rings. The third-order valence-corrected chi connectivity index (χ3v) is 7.99. The molecule has 2 aliphatic heterocycles. The Hall–Kier alpha value is -3.19. The first-order valence-corrected chi connectivity index (χ1v) is 15.4. The van der Waals surface area contributed by atoms with Gasteiger partial charge in [0.1, 0.15) is 5.52 Å². The summed E-state index contributed by atoms with van der Waals surface area (Å²) in [6.45, 7) is 14.0. The lowest BCUT2D eigenvalue weighted by molar-refractivity contribution is 0.0359. The minimum atomic E-state index is -0.228. The van der Waals surface area contributed by atoms with Gasteiger partial charge >= 0.3 is 11.7 Å². The second-order valence-corrected chi connectivity index (χ2v) is 11.1. The zero-order valence-corrected chi connectivity index (χ0v) is 24.9. The van der Waals surface area contributed by atoms with Crippen molar-refractivity contribution in [3.8, 4) is 6.01 Å². The number of aromatic amines is 1. The van der Waals surface area contributed by atoms with Crippen molar-refractivity contribution in [3.63, 3.8) is 0 Å². The minimum absolute atomic E-state index is 0.214. The van der Waals surface area contributed by atoms with E-state index in [9.17, 15) is 4.79 Å². The van der Waals surface area contributed by atoms with E-state index in [1.54, 1.807) is 4.57 Å². The highest BCUT2D eigenvalue weighted by molar-refractivity contribution is 5.81. The molecule has 12 nitrogen and oxygen atoms in total. The SMILES string of the molecule is CCCCOc1nc(N)c2[nH]c(=O)n(CCCN(CCCN3CCOCC3)Cc3ccc(N4CCOCC4)cc3)c2n1. The molecule has 12 heteroatoms. The molecule has 4 heterocycles. The zero-order valence-electron chi connectivity index (χ0n) is 24.9. The Morgan fingerprint density at radius 1 is 0.952 bits per heavy atom. The molecule has 230 valence electrons. The quantitative estimate of drug-likeness (QED) is 0.258. The molecule has 3 aromatic rings. The molecule has 0 spiro atoms. The number of anilines is 2. The molecule has 0 unspecified atom stereocenters.